The third kappa shape index (κ3) is 12.4. The maximum Gasteiger partial charge on any atom is 0.416 e. The number of aromatic nitrogens is 3. The molecule has 2 saturated heterocycles. The second-order valence-electron chi connectivity index (χ2n) is 20.7. The molecule has 4 aliphatic heterocycles. The Labute approximate surface area is 494 Å². The number of aliphatic hydroxyl groups is 2. The number of benzene rings is 2. The molecule has 6 N–H and O–H groups in total. The summed E-state index contributed by atoms with van der Waals surface area (Å²) in [7, 11) is 7.65. The van der Waals surface area contributed by atoms with Crippen molar-refractivity contribution in [2.24, 2.45) is 21.1 Å². The molecule has 4 aliphatic rings. The average molecular weight is 1190 g/mol. The van der Waals surface area contributed by atoms with Gasteiger partial charge in [-0.2, -0.15) is 0 Å². The Morgan fingerprint density at radius 2 is 0.988 bits per heavy atom. The molecule has 0 spiro atoms. The summed E-state index contributed by atoms with van der Waals surface area (Å²) in [4.78, 5) is 113. The number of aryl methyl sites for hydroxylation is 2. The molecule has 0 aliphatic carbocycles. The molecule has 3 aromatic heterocycles. The maximum atomic E-state index is 13.7. The zero-order chi connectivity index (χ0) is 61.5. The highest BCUT2D eigenvalue weighted by atomic mass is 16.6. The average Bonchev–Trinajstić information content (AvgIpc) is 1.77. The van der Waals surface area contributed by atoms with E-state index < -0.39 is 60.4 Å². The van der Waals surface area contributed by atoms with Gasteiger partial charge in [-0.15, -0.1) is 0 Å². The van der Waals surface area contributed by atoms with Crippen molar-refractivity contribution in [1.82, 2.24) is 34.1 Å². The quantitative estimate of drug-likeness (QED) is 0.0402. The Bertz CT molecular complexity index is 3260. The van der Waals surface area contributed by atoms with E-state index in [0.29, 0.717) is 63.0 Å². The van der Waals surface area contributed by atoms with Gasteiger partial charge in [-0.3, -0.25) is 28.8 Å². The topological polar surface area (TPSA) is 308 Å². The van der Waals surface area contributed by atoms with Gasteiger partial charge in [0.05, 0.1) is 73.4 Å². The minimum atomic E-state index is -1.39. The molecule has 456 valence electrons. The van der Waals surface area contributed by atoms with Crippen LogP contribution in [0.2, 0.25) is 0 Å². The number of carbonyl (C=O) groups is 8. The summed E-state index contributed by atoms with van der Waals surface area (Å²) in [6.45, 7) is 8.24. The fourth-order valence-corrected chi connectivity index (χ4v) is 11.0. The highest BCUT2D eigenvalue weighted by Gasteiger charge is 2.47. The number of carbonyl (C=O) groups excluding carboxylic acids is 8. The lowest BCUT2D eigenvalue weighted by molar-refractivity contribution is 0.0495. The minimum Gasteiger partial charge on any atom is -0.493 e. The van der Waals surface area contributed by atoms with Gasteiger partial charge in [0.2, 0.25) is 0 Å². The summed E-state index contributed by atoms with van der Waals surface area (Å²) in [5, 5.41) is 34.0. The van der Waals surface area contributed by atoms with E-state index in [1.165, 1.54) is 79.5 Å². The SMILES string of the molecule is C=CCOC(=O)N1c2cc(OCCCNC(=O)c3cc(NC(=O)c4ccc(C(=O)Nc5cc(C(=O)NCCCOc6cc7c(cc6OC)C(=O)N6CCC[C@H]6[C@H](O)N7C(=O)OCC=C)n(C)c5)n4C)cn3C)c(OC)cc2C(=O)N2CCC[C@H]2[C@@H]1O. The maximum absolute atomic E-state index is 13.7. The van der Waals surface area contributed by atoms with Gasteiger partial charge in [-0.25, -0.2) is 19.4 Å². The van der Waals surface area contributed by atoms with Crippen LogP contribution in [0.4, 0.5) is 32.3 Å². The molecule has 0 saturated carbocycles. The number of fused-ring (bicyclic) bond motifs is 4. The number of anilines is 4. The van der Waals surface area contributed by atoms with Gasteiger partial charge >= 0.3 is 12.2 Å². The van der Waals surface area contributed by atoms with Crippen LogP contribution in [0.15, 0.2) is 86.2 Å². The van der Waals surface area contributed by atoms with Crippen molar-refractivity contribution in [3.8, 4) is 23.0 Å². The lowest BCUT2D eigenvalue weighted by atomic mass is 10.1. The van der Waals surface area contributed by atoms with Crippen LogP contribution in [0, 0.1) is 0 Å². The van der Waals surface area contributed by atoms with Crippen LogP contribution < -0.4 is 50.0 Å². The van der Waals surface area contributed by atoms with Crippen molar-refractivity contribution in [3.63, 3.8) is 0 Å². The summed E-state index contributed by atoms with van der Waals surface area (Å²) < 4.78 is 38.3. The van der Waals surface area contributed by atoms with Crippen molar-refractivity contribution in [2.75, 3.05) is 87.3 Å². The number of rotatable bonds is 22. The first kappa shape index (κ1) is 60.8. The van der Waals surface area contributed by atoms with Crippen LogP contribution in [-0.2, 0) is 30.6 Å². The zero-order valence-electron chi connectivity index (χ0n) is 48.3. The van der Waals surface area contributed by atoms with E-state index >= 15 is 0 Å². The number of hydrogen-bond donors (Lipinski definition) is 6. The van der Waals surface area contributed by atoms with Crippen molar-refractivity contribution in [3.05, 3.63) is 120 Å². The lowest BCUT2D eigenvalue weighted by Crippen LogP contribution is -2.50. The molecule has 2 aromatic carbocycles. The van der Waals surface area contributed by atoms with Gasteiger partial charge in [0.15, 0.2) is 35.5 Å². The normalized spacial score (nSPS) is 17.7. The van der Waals surface area contributed by atoms with E-state index in [2.05, 4.69) is 34.4 Å². The third-order valence-electron chi connectivity index (χ3n) is 15.2. The zero-order valence-corrected chi connectivity index (χ0v) is 48.3. The highest BCUT2D eigenvalue weighted by molar-refractivity contribution is 6.09. The first-order chi connectivity index (χ1) is 41.4. The van der Waals surface area contributed by atoms with E-state index in [9.17, 15) is 48.6 Å². The largest absolute Gasteiger partial charge is 0.493 e. The third-order valence-corrected chi connectivity index (χ3v) is 15.2. The lowest BCUT2D eigenvalue weighted by Gasteiger charge is -2.31. The first-order valence-electron chi connectivity index (χ1n) is 27.9. The fourth-order valence-electron chi connectivity index (χ4n) is 11.0. The van der Waals surface area contributed by atoms with Gasteiger partial charge in [0.1, 0.15) is 36.0 Å². The molecule has 0 bridgehead atoms. The minimum absolute atomic E-state index is 0.0756. The Hall–Kier alpha value is -9.76. The predicted octanol–water partition coefficient (Wildman–Crippen LogP) is 4.75. The van der Waals surface area contributed by atoms with Crippen LogP contribution >= 0.6 is 0 Å². The molecule has 8 amide bonds. The summed E-state index contributed by atoms with van der Waals surface area (Å²) in [6.07, 6.45) is 4.34. The van der Waals surface area contributed by atoms with Crippen LogP contribution in [0.1, 0.15) is 101 Å². The Kier molecular flexibility index (Phi) is 18.7. The Morgan fingerprint density at radius 1 is 0.581 bits per heavy atom. The standard InChI is InChI=1S/C59H69N11O16/c1-8-22-85-58(79)69-42-30-48(46(81-6)28-36(42)54(75)67-20-10-14-40(67)56(69)77)83-24-12-18-60-50(71)44-26-34(32-64(44)3)62-52(73)38-16-17-39(66(38)5)53(74)63-35-27-45(65(4)33-35)51(72)61-19-13-25-84-49-31-43-37(29-47(49)82-7)55(76)68-21-11-15-41(68)57(78)70(43)59(80)86-23-9-2/h8-9,16-17,26-33,40-41,56-57,77-78H,1-2,10-15,18-25H2,3-7H3,(H,60,71)(H,61,72)(H,62,73)(H,63,74)/t40-,41-,56-,57-/m0/s1. The molecule has 2 fully saturated rings. The van der Waals surface area contributed by atoms with E-state index in [4.69, 9.17) is 28.4 Å². The molecule has 86 heavy (non-hydrogen) atoms. The Morgan fingerprint density at radius 3 is 1.37 bits per heavy atom. The number of aliphatic hydroxyl groups excluding tert-OH is 2. The number of nitrogens with one attached hydrogen (secondary N) is 4. The number of hydrogen-bond acceptors (Lipinski definition) is 16. The van der Waals surface area contributed by atoms with Crippen molar-refractivity contribution >= 4 is 70.4 Å². The summed E-state index contributed by atoms with van der Waals surface area (Å²) >= 11 is 0. The molecule has 0 radical (unpaired) electrons. The molecule has 27 nitrogen and oxygen atoms in total. The molecule has 27 heteroatoms. The smallest absolute Gasteiger partial charge is 0.416 e. The fraction of sp³-hybridized carbons (Fsp3) is 0.390. The number of methoxy groups -OCH3 is 2. The van der Waals surface area contributed by atoms with E-state index in [-0.39, 0.29) is 120 Å². The summed E-state index contributed by atoms with van der Waals surface area (Å²) in [5.74, 6) is -1.92. The van der Waals surface area contributed by atoms with Crippen LogP contribution in [0.5, 0.6) is 23.0 Å². The molecule has 5 aromatic rings. The van der Waals surface area contributed by atoms with Gasteiger partial charge in [0, 0.05) is 71.8 Å². The van der Waals surface area contributed by atoms with E-state index in [1.54, 1.807) is 52.5 Å². The highest BCUT2D eigenvalue weighted by Crippen LogP contribution is 2.43. The van der Waals surface area contributed by atoms with Crippen molar-refractivity contribution in [1.29, 1.82) is 0 Å². The number of nitrogens with zero attached hydrogens (tertiary/aromatic N) is 7. The molecular weight excluding hydrogens is 1120 g/mol. The molecule has 7 heterocycles. The first-order valence-corrected chi connectivity index (χ1v) is 27.9. The number of amides is 8. The number of ether oxygens (including phenoxy) is 6. The summed E-state index contributed by atoms with van der Waals surface area (Å²) in [5.41, 5.74) is 1.81. The van der Waals surface area contributed by atoms with E-state index in [1.807, 2.05) is 0 Å². The van der Waals surface area contributed by atoms with Gasteiger partial charge in [-0.1, -0.05) is 25.3 Å². The van der Waals surface area contributed by atoms with Gasteiger partial charge in [0.25, 0.3) is 35.4 Å². The van der Waals surface area contributed by atoms with Gasteiger partial charge in [-0.05, 0) is 74.9 Å². The predicted molar refractivity (Wildman–Crippen MR) is 311 cm³/mol. The summed E-state index contributed by atoms with van der Waals surface area (Å²) in [6, 6.07) is 10.5. The van der Waals surface area contributed by atoms with E-state index in [0.717, 1.165) is 9.80 Å². The molecule has 9 rings (SSSR count). The molecular formula is C59H69N11O16. The van der Waals surface area contributed by atoms with Crippen LogP contribution in [-0.4, -0.2) is 173 Å². The molecule has 0 unspecified atom stereocenters. The van der Waals surface area contributed by atoms with Crippen LogP contribution in [0.25, 0.3) is 0 Å². The second kappa shape index (κ2) is 26.4. The molecule has 4 atom stereocenters. The monoisotopic (exact) mass is 1190 g/mol. The van der Waals surface area contributed by atoms with Crippen molar-refractivity contribution in [2.45, 2.75) is 63.1 Å². The Balaban J connectivity index is 0.744. The van der Waals surface area contributed by atoms with Crippen molar-refractivity contribution < 1.29 is 77.0 Å². The second-order valence-corrected chi connectivity index (χ2v) is 20.7. The van der Waals surface area contributed by atoms with Gasteiger partial charge < -0.3 is 83.4 Å². The van der Waals surface area contributed by atoms with Crippen LogP contribution in [0.3, 0.4) is 0 Å².